The molecule has 0 aromatic heterocycles. The van der Waals surface area contributed by atoms with E-state index < -0.39 is 0 Å². The smallest absolute Gasteiger partial charge is 0.234 e. The van der Waals surface area contributed by atoms with Crippen LogP contribution in [0.15, 0.2) is 0 Å². The molecule has 1 saturated carbocycles. The average molecular weight is 255 g/mol. The van der Waals surface area contributed by atoms with Crippen molar-refractivity contribution >= 4 is 5.91 Å². The molecule has 1 aliphatic rings. The van der Waals surface area contributed by atoms with Crippen molar-refractivity contribution in [3.05, 3.63) is 0 Å². The molecule has 0 saturated heterocycles. The van der Waals surface area contributed by atoms with Crippen molar-refractivity contribution in [2.45, 2.75) is 45.6 Å². The summed E-state index contributed by atoms with van der Waals surface area (Å²) in [5.41, 5.74) is 5.88. The molecule has 18 heavy (non-hydrogen) atoms. The van der Waals surface area contributed by atoms with E-state index in [4.69, 9.17) is 5.73 Å². The van der Waals surface area contributed by atoms with E-state index in [2.05, 4.69) is 24.2 Å². The lowest BCUT2D eigenvalue weighted by atomic mass is 9.76. The number of carbonyl (C=O) groups excluding carboxylic acids is 1. The first-order chi connectivity index (χ1) is 8.62. The molecule has 0 radical (unpaired) electrons. The minimum absolute atomic E-state index is 0.120. The lowest BCUT2D eigenvalue weighted by Gasteiger charge is -2.40. The molecule has 0 heterocycles. The van der Waals surface area contributed by atoms with Gasteiger partial charge < -0.3 is 11.1 Å². The number of hydrogen-bond acceptors (Lipinski definition) is 3. The highest BCUT2D eigenvalue weighted by atomic mass is 16.2. The Morgan fingerprint density at radius 2 is 2.11 bits per heavy atom. The van der Waals surface area contributed by atoms with Crippen LogP contribution in [0.3, 0.4) is 0 Å². The van der Waals surface area contributed by atoms with Crippen LogP contribution in [0, 0.1) is 11.8 Å². The summed E-state index contributed by atoms with van der Waals surface area (Å²) in [7, 11) is 2.06. The molecule has 3 atom stereocenters. The summed E-state index contributed by atoms with van der Waals surface area (Å²) in [6, 6.07) is 0.469. The van der Waals surface area contributed by atoms with Crippen LogP contribution in [0.2, 0.25) is 0 Å². The van der Waals surface area contributed by atoms with E-state index >= 15 is 0 Å². The van der Waals surface area contributed by atoms with Crippen molar-refractivity contribution in [3.63, 3.8) is 0 Å². The second-order valence-corrected chi connectivity index (χ2v) is 5.52. The Balaban J connectivity index is 2.55. The second-order valence-electron chi connectivity index (χ2n) is 5.52. The molecule has 1 fully saturated rings. The largest absolute Gasteiger partial charge is 0.355 e. The van der Waals surface area contributed by atoms with E-state index in [9.17, 15) is 4.79 Å². The zero-order chi connectivity index (χ0) is 13.5. The van der Waals surface area contributed by atoms with Crippen LogP contribution in [-0.4, -0.2) is 43.5 Å². The lowest BCUT2D eigenvalue weighted by molar-refractivity contribution is -0.122. The number of likely N-dealkylation sites (N-methyl/N-ethyl adjacent to an activating group) is 2. The predicted molar refractivity (Wildman–Crippen MR) is 75.3 cm³/mol. The van der Waals surface area contributed by atoms with Gasteiger partial charge in [0.05, 0.1) is 6.54 Å². The van der Waals surface area contributed by atoms with E-state index in [1.165, 1.54) is 25.7 Å². The number of rotatable bonds is 6. The fourth-order valence-corrected chi connectivity index (χ4v) is 3.08. The van der Waals surface area contributed by atoms with Gasteiger partial charge in [0, 0.05) is 12.6 Å². The number of nitrogens with two attached hydrogens (primary N) is 1. The van der Waals surface area contributed by atoms with Crippen molar-refractivity contribution < 1.29 is 4.79 Å². The van der Waals surface area contributed by atoms with Gasteiger partial charge in [0.15, 0.2) is 0 Å². The molecule has 4 heteroatoms. The highest BCUT2D eigenvalue weighted by Crippen LogP contribution is 2.32. The molecular weight excluding hydrogens is 226 g/mol. The van der Waals surface area contributed by atoms with Crippen LogP contribution in [-0.2, 0) is 4.79 Å². The van der Waals surface area contributed by atoms with Crippen LogP contribution in [0.5, 0.6) is 0 Å². The fourth-order valence-electron chi connectivity index (χ4n) is 3.08. The normalized spacial score (nSPS) is 28.4. The Morgan fingerprint density at radius 1 is 1.39 bits per heavy atom. The van der Waals surface area contributed by atoms with Gasteiger partial charge in [0.2, 0.25) is 5.91 Å². The summed E-state index contributed by atoms with van der Waals surface area (Å²) in [4.78, 5) is 13.9. The second kappa shape index (κ2) is 7.74. The maximum Gasteiger partial charge on any atom is 0.234 e. The minimum atomic E-state index is 0.120. The van der Waals surface area contributed by atoms with Gasteiger partial charge in [-0.2, -0.15) is 0 Å². The maximum atomic E-state index is 11.7. The number of nitrogens with zero attached hydrogens (tertiary/aromatic N) is 1. The molecule has 0 spiro atoms. The molecule has 0 aromatic rings. The molecule has 1 amide bonds. The third kappa shape index (κ3) is 4.25. The van der Waals surface area contributed by atoms with Crippen molar-refractivity contribution in [3.8, 4) is 0 Å². The highest BCUT2D eigenvalue weighted by molar-refractivity contribution is 5.77. The Morgan fingerprint density at radius 3 is 2.67 bits per heavy atom. The maximum absolute atomic E-state index is 11.7. The van der Waals surface area contributed by atoms with Gasteiger partial charge in [-0.25, -0.2) is 0 Å². The summed E-state index contributed by atoms with van der Waals surface area (Å²) in [5.74, 6) is 1.47. The molecule has 4 nitrogen and oxygen atoms in total. The van der Waals surface area contributed by atoms with Crippen LogP contribution in [0.25, 0.3) is 0 Å². The predicted octanol–water partition coefficient (Wildman–Crippen LogP) is 1.21. The molecule has 1 aliphatic carbocycles. The Hall–Kier alpha value is -0.610. The summed E-state index contributed by atoms with van der Waals surface area (Å²) >= 11 is 0. The summed E-state index contributed by atoms with van der Waals surface area (Å²) < 4.78 is 0. The zero-order valence-corrected chi connectivity index (χ0v) is 12.1. The van der Waals surface area contributed by atoms with E-state index in [-0.39, 0.29) is 5.91 Å². The van der Waals surface area contributed by atoms with Gasteiger partial charge in [-0.05, 0) is 45.2 Å². The summed E-state index contributed by atoms with van der Waals surface area (Å²) in [6.45, 7) is 6.14. The van der Waals surface area contributed by atoms with Gasteiger partial charge >= 0.3 is 0 Å². The first-order valence-electron chi connectivity index (χ1n) is 7.29. The van der Waals surface area contributed by atoms with Crippen LogP contribution >= 0.6 is 0 Å². The number of nitrogens with one attached hydrogen (secondary N) is 1. The average Bonchev–Trinajstić information content (AvgIpc) is 2.38. The van der Waals surface area contributed by atoms with Crippen molar-refractivity contribution in [2.24, 2.45) is 17.6 Å². The molecule has 3 N–H and O–H groups in total. The summed E-state index contributed by atoms with van der Waals surface area (Å²) in [6.07, 6.45) is 4.93. The quantitative estimate of drug-likeness (QED) is 0.750. The van der Waals surface area contributed by atoms with E-state index in [0.717, 1.165) is 12.5 Å². The van der Waals surface area contributed by atoms with E-state index in [0.29, 0.717) is 25.0 Å². The first-order valence-corrected chi connectivity index (χ1v) is 7.29. The summed E-state index contributed by atoms with van der Waals surface area (Å²) in [5, 5.41) is 2.86. The van der Waals surface area contributed by atoms with Gasteiger partial charge in [0.1, 0.15) is 0 Å². The van der Waals surface area contributed by atoms with Crippen molar-refractivity contribution in [2.75, 3.05) is 26.7 Å². The van der Waals surface area contributed by atoms with Gasteiger partial charge in [-0.1, -0.05) is 19.8 Å². The topological polar surface area (TPSA) is 58.4 Å². The molecule has 3 unspecified atom stereocenters. The molecule has 106 valence electrons. The van der Waals surface area contributed by atoms with E-state index in [1.807, 2.05) is 6.92 Å². The Kier molecular flexibility index (Phi) is 6.65. The van der Waals surface area contributed by atoms with Crippen LogP contribution in [0.4, 0.5) is 0 Å². The van der Waals surface area contributed by atoms with Crippen LogP contribution < -0.4 is 11.1 Å². The molecule has 1 rings (SSSR count). The van der Waals surface area contributed by atoms with Crippen molar-refractivity contribution in [1.82, 2.24) is 10.2 Å². The highest BCUT2D eigenvalue weighted by Gasteiger charge is 2.32. The molecule has 0 aliphatic heterocycles. The SMILES string of the molecule is CCNC(=O)CN(C)C1CC(CC)CCC1CN. The number of amides is 1. The van der Waals surface area contributed by atoms with Crippen LogP contribution in [0.1, 0.15) is 39.5 Å². The van der Waals surface area contributed by atoms with Gasteiger partial charge in [-0.15, -0.1) is 0 Å². The standard InChI is InChI=1S/C14H29N3O/c1-4-11-6-7-12(9-15)13(8-11)17(3)10-14(18)16-5-2/h11-13H,4-10,15H2,1-3H3,(H,16,18). The minimum Gasteiger partial charge on any atom is -0.355 e. The third-order valence-corrected chi connectivity index (χ3v) is 4.28. The first kappa shape index (κ1) is 15.4. The Bertz CT molecular complexity index is 257. The molecule has 0 aromatic carbocycles. The zero-order valence-electron chi connectivity index (χ0n) is 12.1. The third-order valence-electron chi connectivity index (χ3n) is 4.28. The van der Waals surface area contributed by atoms with Crippen molar-refractivity contribution in [1.29, 1.82) is 0 Å². The van der Waals surface area contributed by atoms with Gasteiger partial charge in [-0.3, -0.25) is 9.69 Å². The number of carbonyl (C=O) groups is 1. The lowest BCUT2D eigenvalue weighted by Crippen LogP contribution is -2.48. The fraction of sp³-hybridized carbons (Fsp3) is 0.929. The van der Waals surface area contributed by atoms with E-state index in [1.54, 1.807) is 0 Å². The molecule has 0 bridgehead atoms. The number of hydrogen-bond donors (Lipinski definition) is 2. The van der Waals surface area contributed by atoms with Gasteiger partial charge in [0.25, 0.3) is 0 Å². The monoisotopic (exact) mass is 255 g/mol. The Labute approximate surface area is 111 Å². The molecular formula is C14H29N3O.